The van der Waals surface area contributed by atoms with Gasteiger partial charge in [-0.2, -0.15) is 0 Å². The van der Waals surface area contributed by atoms with E-state index in [-0.39, 0.29) is 0 Å². The van der Waals surface area contributed by atoms with Gasteiger partial charge in [-0.05, 0) is 36.4 Å². The average molecular weight is 403 g/mol. The number of halogens is 2. The number of benzene rings is 2. The maximum absolute atomic E-state index is 11.9. The Labute approximate surface area is 157 Å². The lowest BCUT2D eigenvalue weighted by atomic mass is 10.2. The number of carbonyl (C=O) groups is 2. The van der Waals surface area contributed by atoms with Crippen LogP contribution in [-0.4, -0.2) is 26.2 Å². The van der Waals surface area contributed by atoms with Gasteiger partial charge in [0.05, 0.1) is 25.3 Å². The lowest BCUT2D eigenvalue weighted by Crippen LogP contribution is -2.03. The molecule has 4 nitrogen and oxygen atoms in total. The van der Waals surface area contributed by atoms with Gasteiger partial charge in [-0.25, -0.2) is 9.59 Å². The van der Waals surface area contributed by atoms with Gasteiger partial charge < -0.3 is 9.47 Å². The van der Waals surface area contributed by atoms with Crippen molar-refractivity contribution in [1.82, 2.24) is 0 Å². The molecule has 8 heteroatoms. The molecule has 2 rings (SSSR count). The Balaban J connectivity index is 2.29. The smallest absolute Gasteiger partial charge is 0.339 e. The predicted octanol–water partition coefficient (Wildman–Crippen LogP) is 5.37. The first kappa shape index (κ1) is 19.0. The fourth-order valence-electron chi connectivity index (χ4n) is 1.78. The number of hydrogen-bond donors (Lipinski definition) is 0. The summed E-state index contributed by atoms with van der Waals surface area (Å²) in [5.74, 6) is -0.963. The van der Waals surface area contributed by atoms with Crippen LogP contribution in [0.2, 0.25) is 10.0 Å². The van der Waals surface area contributed by atoms with Gasteiger partial charge >= 0.3 is 11.9 Å². The van der Waals surface area contributed by atoms with E-state index in [0.29, 0.717) is 31.0 Å². The molecule has 0 fully saturated rings. The normalized spacial score (nSPS) is 10.3. The molecule has 0 unspecified atom stereocenters. The average Bonchev–Trinajstić information content (AvgIpc) is 2.59. The monoisotopic (exact) mass is 402 g/mol. The van der Waals surface area contributed by atoms with Crippen LogP contribution in [0.1, 0.15) is 20.7 Å². The number of methoxy groups -OCH3 is 2. The summed E-state index contributed by atoms with van der Waals surface area (Å²) in [6.07, 6.45) is 0. The first-order valence-electron chi connectivity index (χ1n) is 6.56. The zero-order valence-corrected chi connectivity index (χ0v) is 15.8. The second kappa shape index (κ2) is 8.67. The Hall–Kier alpha value is -1.34. The minimum absolute atomic E-state index is 0.357. The van der Waals surface area contributed by atoms with Gasteiger partial charge in [-0.1, -0.05) is 44.8 Å². The molecule has 24 heavy (non-hydrogen) atoms. The van der Waals surface area contributed by atoms with Gasteiger partial charge in [0, 0.05) is 19.8 Å². The van der Waals surface area contributed by atoms with Crippen LogP contribution in [0.15, 0.2) is 46.2 Å². The number of ether oxygens (including phenoxy) is 2. The van der Waals surface area contributed by atoms with E-state index >= 15 is 0 Å². The quantitative estimate of drug-likeness (QED) is 0.495. The second-order valence-electron chi connectivity index (χ2n) is 4.43. The standard InChI is InChI=1S/C16H12Cl2O4S2/c1-21-15(19)11-7-9(17)3-5-13(11)23-24-14-6-4-10(18)8-12(14)16(20)22-2/h3-8H,1-2H3. The minimum atomic E-state index is -0.482. The number of carbonyl (C=O) groups excluding carboxylic acids is 2. The molecule has 0 spiro atoms. The summed E-state index contributed by atoms with van der Waals surface area (Å²) in [6.45, 7) is 0. The molecule has 2 aromatic carbocycles. The molecule has 0 aliphatic rings. The molecular formula is C16H12Cl2O4S2. The van der Waals surface area contributed by atoms with Crippen molar-refractivity contribution in [3.05, 3.63) is 57.6 Å². The first-order valence-corrected chi connectivity index (χ1v) is 9.47. The molecule has 2 aromatic rings. The highest BCUT2D eigenvalue weighted by molar-refractivity contribution is 8.76. The molecule has 0 amide bonds. The Morgan fingerprint density at radius 2 is 1.17 bits per heavy atom. The predicted molar refractivity (Wildman–Crippen MR) is 97.3 cm³/mol. The van der Waals surface area contributed by atoms with Gasteiger partial charge in [0.1, 0.15) is 0 Å². The molecular weight excluding hydrogens is 391 g/mol. The SMILES string of the molecule is COC(=O)c1cc(Cl)ccc1SSc1ccc(Cl)cc1C(=O)OC. The maximum atomic E-state index is 11.9. The van der Waals surface area contributed by atoms with Crippen molar-refractivity contribution in [2.75, 3.05) is 14.2 Å². The van der Waals surface area contributed by atoms with E-state index in [1.54, 1.807) is 36.4 Å². The summed E-state index contributed by atoms with van der Waals surface area (Å²) in [5.41, 5.74) is 0.715. The Kier molecular flexibility index (Phi) is 6.86. The third-order valence-corrected chi connectivity index (χ3v) is 5.87. The molecule has 0 atom stereocenters. The van der Waals surface area contributed by atoms with E-state index in [9.17, 15) is 9.59 Å². The topological polar surface area (TPSA) is 52.6 Å². The molecule has 0 heterocycles. The number of hydrogen-bond acceptors (Lipinski definition) is 6. The van der Waals surface area contributed by atoms with Crippen molar-refractivity contribution in [2.45, 2.75) is 9.79 Å². The second-order valence-corrected chi connectivity index (χ2v) is 7.52. The molecule has 0 aliphatic heterocycles. The third kappa shape index (κ3) is 4.60. The van der Waals surface area contributed by atoms with E-state index in [1.807, 2.05) is 0 Å². The minimum Gasteiger partial charge on any atom is -0.465 e. The van der Waals surface area contributed by atoms with Crippen molar-refractivity contribution in [3.8, 4) is 0 Å². The lowest BCUT2D eigenvalue weighted by molar-refractivity contribution is 0.0588. The first-order chi connectivity index (χ1) is 11.5. The number of esters is 2. The van der Waals surface area contributed by atoms with Crippen molar-refractivity contribution < 1.29 is 19.1 Å². The van der Waals surface area contributed by atoms with Crippen LogP contribution in [0.25, 0.3) is 0 Å². The molecule has 126 valence electrons. The molecule has 0 N–H and O–H groups in total. The molecule has 0 saturated carbocycles. The van der Waals surface area contributed by atoms with Gasteiger partial charge in [-0.3, -0.25) is 0 Å². The van der Waals surface area contributed by atoms with Gasteiger partial charge in [-0.15, -0.1) is 0 Å². The van der Waals surface area contributed by atoms with Crippen LogP contribution < -0.4 is 0 Å². The van der Waals surface area contributed by atoms with E-state index < -0.39 is 11.9 Å². The van der Waals surface area contributed by atoms with Crippen LogP contribution in [0, 0.1) is 0 Å². The van der Waals surface area contributed by atoms with Gasteiger partial charge in [0.25, 0.3) is 0 Å². The Bertz CT molecular complexity index is 715. The molecule has 0 saturated heterocycles. The van der Waals surface area contributed by atoms with Crippen molar-refractivity contribution in [2.24, 2.45) is 0 Å². The zero-order chi connectivity index (χ0) is 17.7. The molecule has 0 aliphatic carbocycles. The highest BCUT2D eigenvalue weighted by Gasteiger charge is 2.17. The van der Waals surface area contributed by atoms with Crippen LogP contribution in [-0.2, 0) is 9.47 Å². The van der Waals surface area contributed by atoms with Crippen molar-refractivity contribution in [3.63, 3.8) is 0 Å². The summed E-state index contributed by atoms with van der Waals surface area (Å²) in [7, 11) is 5.22. The highest BCUT2D eigenvalue weighted by atomic mass is 35.5. The Morgan fingerprint density at radius 3 is 1.50 bits per heavy atom. The summed E-state index contributed by atoms with van der Waals surface area (Å²) in [5, 5.41) is 0.873. The van der Waals surface area contributed by atoms with Crippen LogP contribution in [0.4, 0.5) is 0 Å². The van der Waals surface area contributed by atoms with Crippen LogP contribution in [0.3, 0.4) is 0 Å². The molecule has 0 radical (unpaired) electrons. The van der Waals surface area contributed by atoms with Crippen molar-refractivity contribution in [1.29, 1.82) is 0 Å². The van der Waals surface area contributed by atoms with E-state index in [0.717, 1.165) is 0 Å². The largest absolute Gasteiger partial charge is 0.465 e. The Morgan fingerprint density at radius 1 is 0.792 bits per heavy atom. The van der Waals surface area contributed by atoms with Crippen LogP contribution >= 0.6 is 44.8 Å². The van der Waals surface area contributed by atoms with Crippen molar-refractivity contribution >= 4 is 56.7 Å². The van der Waals surface area contributed by atoms with Gasteiger partial charge in [0.15, 0.2) is 0 Å². The molecule has 0 aromatic heterocycles. The summed E-state index contributed by atoms with van der Waals surface area (Å²) < 4.78 is 9.53. The third-order valence-electron chi connectivity index (χ3n) is 2.92. The maximum Gasteiger partial charge on any atom is 0.339 e. The van der Waals surface area contributed by atoms with E-state index in [1.165, 1.54) is 35.8 Å². The lowest BCUT2D eigenvalue weighted by Gasteiger charge is -2.10. The van der Waals surface area contributed by atoms with Gasteiger partial charge in [0.2, 0.25) is 0 Å². The summed E-state index contributed by atoms with van der Waals surface area (Å²) in [4.78, 5) is 25.1. The summed E-state index contributed by atoms with van der Waals surface area (Å²) in [6, 6.07) is 9.89. The fraction of sp³-hybridized carbons (Fsp3) is 0.125. The highest BCUT2D eigenvalue weighted by Crippen LogP contribution is 2.42. The zero-order valence-electron chi connectivity index (χ0n) is 12.7. The number of rotatable bonds is 5. The summed E-state index contributed by atoms with van der Waals surface area (Å²) >= 11 is 11.9. The van der Waals surface area contributed by atoms with Crippen LogP contribution in [0.5, 0.6) is 0 Å². The molecule has 0 bridgehead atoms. The fourth-order valence-corrected chi connectivity index (χ4v) is 4.42. The van der Waals surface area contributed by atoms with E-state index in [2.05, 4.69) is 0 Å². The van der Waals surface area contributed by atoms with E-state index in [4.69, 9.17) is 32.7 Å².